The quantitative estimate of drug-likeness (QED) is 0.260. The van der Waals surface area contributed by atoms with E-state index >= 15 is 0 Å². The van der Waals surface area contributed by atoms with Gasteiger partial charge in [0, 0.05) is 6.42 Å². The van der Waals surface area contributed by atoms with Crippen LogP contribution in [0.3, 0.4) is 0 Å². The molecule has 5 nitrogen and oxygen atoms in total. The lowest BCUT2D eigenvalue weighted by molar-refractivity contribution is -0.155. The summed E-state index contributed by atoms with van der Waals surface area (Å²) in [6.45, 7) is 16.8. The van der Waals surface area contributed by atoms with Crippen LogP contribution in [0.25, 0.3) is 0 Å². The molecule has 0 fully saturated rings. The summed E-state index contributed by atoms with van der Waals surface area (Å²) in [7, 11) is 0. The highest BCUT2D eigenvalue weighted by atomic mass is 16.5. The minimum atomic E-state index is -1.33. The van der Waals surface area contributed by atoms with Crippen LogP contribution in [0, 0.1) is 5.92 Å². The number of esters is 1. The zero-order chi connectivity index (χ0) is 23.8. The number of unbranched alkanes of at least 4 members (excludes halogenated alkanes) is 1. The Bertz CT molecular complexity index is 733. The Kier molecular flexibility index (Phi) is 9.92. The lowest BCUT2D eigenvalue weighted by atomic mass is 9.80. The average Bonchev–Trinajstić information content (AvgIpc) is 2.63. The molecule has 0 aliphatic rings. The zero-order valence-corrected chi connectivity index (χ0v) is 20.6. The number of ether oxygens (including phenoxy) is 2. The minimum absolute atomic E-state index is 0.0117. The molecule has 1 unspecified atom stereocenters. The fourth-order valence-corrected chi connectivity index (χ4v) is 3.05. The summed E-state index contributed by atoms with van der Waals surface area (Å²) in [5, 5.41) is 0. The molecule has 1 rings (SSSR count). The van der Waals surface area contributed by atoms with E-state index < -0.39 is 23.5 Å². The van der Waals surface area contributed by atoms with Crippen LogP contribution in [0.2, 0.25) is 0 Å². The number of ketones is 2. The molecule has 0 N–H and O–H groups in total. The Balaban J connectivity index is 2.75. The van der Waals surface area contributed by atoms with Crippen LogP contribution in [0.5, 0.6) is 5.75 Å². The number of benzene rings is 1. The molecule has 0 bridgehead atoms. The van der Waals surface area contributed by atoms with Crippen molar-refractivity contribution in [2.75, 3.05) is 13.2 Å². The SMILES string of the molecule is CCCCOC(=O)C(C(C)=O)C(=O)CCCOc1cc(C(C)(C)C)cc(C(C)(C)C)c1. The van der Waals surface area contributed by atoms with E-state index in [0.717, 1.165) is 12.2 Å². The first-order chi connectivity index (χ1) is 14.3. The number of Topliss-reactive ketones (excluding diaryl/α,β-unsaturated/α-hetero) is 2. The van der Waals surface area contributed by atoms with E-state index in [9.17, 15) is 14.4 Å². The molecule has 0 amide bonds. The monoisotopic (exact) mass is 432 g/mol. The first-order valence-corrected chi connectivity index (χ1v) is 11.3. The Labute approximate surface area is 187 Å². The van der Waals surface area contributed by atoms with Gasteiger partial charge in [-0.15, -0.1) is 0 Å². The van der Waals surface area contributed by atoms with E-state index in [1.807, 2.05) is 19.1 Å². The number of hydrogen-bond acceptors (Lipinski definition) is 5. The molecular formula is C26H40O5. The van der Waals surface area contributed by atoms with E-state index in [0.29, 0.717) is 19.4 Å². The fraction of sp³-hybridized carbons (Fsp3) is 0.654. The van der Waals surface area contributed by atoms with Gasteiger partial charge in [-0.1, -0.05) is 61.0 Å². The summed E-state index contributed by atoms with van der Waals surface area (Å²) in [5.74, 6) is -2.17. The molecule has 0 aliphatic carbocycles. The average molecular weight is 433 g/mol. The smallest absolute Gasteiger partial charge is 0.324 e. The summed E-state index contributed by atoms with van der Waals surface area (Å²) in [4.78, 5) is 36.4. The van der Waals surface area contributed by atoms with Crippen molar-refractivity contribution in [3.8, 4) is 5.75 Å². The lowest BCUT2D eigenvalue weighted by Gasteiger charge is -2.26. The Morgan fingerprint density at radius 3 is 1.87 bits per heavy atom. The highest BCUT2D eigenvalue weighted by Gasteiger charge is 2.32. The van der Waals surface area contributed by atoms with Crippen molar-refractivity contribution in [3.05, 3.63) is 29.3 Å². The third kappa shape index (κ3) is 8.84. The van der Waals surface area contributed by atoms with Gasteiger partial charge < -0.3 is 9.47 Å². The first kappa shape index (κ1) is 26.9. The van der Waals surface area contributed by atoms with Crippen molar-refractivity contribution in [3.63, 3.8) is 0 Å². The summed E-state index contributed by atoms with van der Waals surface area (Å²) in [6, 6.07) is 6.30. The fourth-order valence-electron chi connectivity index (χ4n) is 3.05. The van der Waals surface area contributed by atoms with Gasteiger partial charge >= 0.3 is 5.97 Å². The molecule has 1 aromatic carbocycles. The molecule has 0 heterocycles. The Morgan fingerprint density at radius 1 is 0.871 bits per heavy atom. The van der Waals surface area contributed by atoms with Crippen LogP contribution in [0.4, 0.5) is 0 Å². The predicted molar refractivity (Wildman–Crippen MR) is 124 cm³/mol. The second-order valence-corrected chi connectivity index (χ2v) is 10.2. The second kappa shape index (κ2) is 11.4. The van der Waals surface area contributed by atoms with Crippen LogP contribution < -0.4 is 4.74 Å². The number of hydrogen-bond donors (Lipinski definition) is 0. The van der Waals surface area contributed by atoms with Gasteiger partial charge in [-0.2, -0.15) is 0 Å². The van der Waals surface area contributed by atoms with E-state index in [1.54, 1.807) is 0 Å². The van der Waals surface area contributed by atoms with Crippen LogP contribution in [0.1, 0.15) is 92.2 Å². The van der Waals surface area contributed by atoms with E-state index in [-0.39, 0.29) is 23.9 Å². The molecule has 0 saturated carbocycles. The third-order valence-electron chi connectivity index (χ3n) is 5.18. The maximum Gasteiger partial charge on any atom is 0.324 e. The van der Waals surface area contributed by atoms with Crippen molar-refractivity contribution in [2.24, 2.45) is 5.92 Å². The number of rotatable bonds is 11. The largest absolute Gasteiger partial charge is 0.494 e. The van der Waals surface area contributed by atoms with E-state index in [4.69, 9.17) is 9.47 Å². The Morgan fingerprint density at radius 2 is 1.42 bits per heavy atom. The summed E-state index contributed by atoms with van der Waals surface area (Å²) in [5.41, 5.74) is 2.36. The number of carbonyl (C=O) groups excluding carboxylic acids is 3. The molecule has 0 radical (unpaired) electrons. The lowest BCUT2D eigenvalue weighted by Crippen LogP contribution is -2.32. The molecular weight excluding hydrogens is 392 g/mol. The van der Waals surface area contributed by atoms with Gasteiger partial charge in [-0.3, -0.25) is 14.4 Å². The summed E-state index contributed by atoms with van der Waals surface area (Å²) in [6.07, 6.45) is 2.10. The minimum Gasteiger partial charge on any atom is -0.494 e. The molecule has 0 saturated heterocycles. The molecule has 1 atom stereocenters. The van der Waals surface area contributed by atoms with E-state index in [1.165, 1.54) is 18.1 Å². The van der Waals surface area contributed by atoms with Crippen LogP contribution in [-0.4, -0.2) is 30.7 Å². The van der Waals surface area contributed by atoms with Crippen molar-refractivity contribution in [1.29, 1.82) is 0 Å². The molecule has 0 aromatic heterocycles. The van der Waals surface area contributed by atoms with Gasteiger partial charge in [-0.25, -0.2) is 0 Å². The highest BCUT2D eigenvalue weighted by Crippen LogP contribution is 2.33. The maximum atomic E-state index is 12.5. The van der Waals surface area contributed by atoms with Gasteiger partial charge in [0.05, 0.1) is 13.2 Å². The van der Waals surface area contributed by atoms with Crippen LogP contribution in [0.15, 0.2) is 18.2 Å². The predicted octanol–water partition coefficient (Wildman–Crippen LogP) is 5.56. The number of carbonyl (C=O) groups is 3. The zero-order valence-electron chi connectivity index (χ0n) is 20.6. The standard InChI is InChI=1S/C26H40O5/c1-9-10-13-31-24(29)23(18(2)27)22(28)12-11-14-30-21-16-19(25(3,4)5)15-20(17-21)26(6,7)8/h15-17,23H,9-14H2,1-8H3. The summed E-state index contributed by atoms with van der Waals surface area (Å²) >= 11 is 0. The van der Waals surface area contributed by atoms with Crippen molar-refractivity contribution >= 4 is 17.5 Å². The molecule has 0 aliphatic heterocycles. The molecule has 31 heavy (non-hydrogen) atoms. The van der Waals surface area contributed by atoms with Gasteiger partial charge in [0.1, 0.15) is 5.75 Å². The molecule has 5 heteroatoms. The summed E-state index contributed by atoms with van der Waals surface area (Å²) < 4.78 is 11.0. The van der Waals surface area contributed by atoms with Gasteiger partial charge in [0.2, 0.25) is 0 Å². The normalized spacial score (nSPS) is 12.9. The van der Waals surface area contributed by atoms with E-state index in [2.05, 4.69) is 47.6 Å². The highest BCUT2D eigenvalue weighted by molar-refractivity contribution is 6.16. The maximum absolute atomic E-state index is 12.5. The van der Waals surface area contributed by atoms with Crippen molar-refractivity contribution in [2.45, 2.75) is 91.9 Å². The Hall–Kier alpha value is -2.17. The van der Waals surface area contributed by atoms with Gasteiger partial charge in [0.15, 0.2) is 17.5 Å². The van der Waals surface area contributed by atoms with Gasteiger partial charge in [0.25, 0.3) is 0 Å². The van der Waals surface area contributed by atoms with Crippen LogP contribution >= 0.6 is 0 Å². The van der Waals surface area contributed by atoms with Crippen molar-refractivity contribution < 1.29 is 23.9 Å². The topological polar surface area (TPSA) is 69.7 Å². The first-order valence-electron chi connectivity index (χ1n) is 11.3. The van der Waals surface area contributed by atoms with Crippen molar-refractivity contribution in [1.82, 2.24) is 0 Å². The molecule has 0 spiro atoms. The van der Waals surface area contributed by atoms with Crippen LogP contribution in [-0.2, 0) is 30.0 Å². The van der Waals surface area contributed by atoms with Gasteiger partial charge in [-0.05, 0) is 53.9 Å². The molecule has 1 aromatic rings. The molecule has 174 valence electrons. The third-order valence-corrected chi connectivity index (χ3v) is 5.18. The second-order valence-electron chi connectivity index (χ2n) is 10.2.